The molecular formula is C27H39N13O6. The van der Waals surface area contributed by atoms with Crippen LogP contribution >= 0.6 is 0 Å². The molecule has 0 atom stereocenters. The molecule has 248 valence electrons. The van der Waals surface area contributed by atoms with E-state index in [4.69, 9.17) is 0 Å². The molecular weight excluding hydrogens is 602 g/mol. The highest BCUT2D eigenvalue weighted by atomic mass is 16.2. The zero-order valence-electron chi connectivity index (χ0n) is 24.1. The van der Waals surface area contributed by atoms with E-state index >= 15 is 0 Å². The van der Waals surface area contributed by atoms with Gasteiger partial charge in [0.1, 0.15) is 0 Å². The zero-order valence-corrected chi connectivity index (χ0v) is 24.1. The lowest BCUT2D eigenvalue weighted by Crippen LogP contribution is -2.40. The number of hydrogen-bond donors (Lipinski definition) is 0. The van der Waals surface area contributed by atoms with Crippen molar-refractivity contribution in [2.45, 2.75) is 42.3 Å². The fourth-order valence-electron chi connectivity index (χ4n) is 5.29. The van der Waals surface area contributed by atoms with Gasteiger partial charge < -0.3 is 13.7 Å². The maximum absolute atomic E-state index is 13.1. The SMILES string of the molecule is C.C.C.Cn1c(=O)c2c(ncn2CN(Cn2cnc3c2c(=O)n(C)c(=O)n3C)Cn2cnc3c2c(=O)n(C)c(=O)n3C)n(C)c1=O. The molecule has 0 unspecified atom stereocenters. The van der Waals surface area contributed by atoms with Crippen molar-refractivity contribution in [1.82, 2.24) is 61.0 Å². The van der Waals surface area contributed by atoms with Crippen molar-refractivity contribution in [2.75, 3.05) is 0 Å². The first-order valence-electron chi connectivity index (χ1n) is 12.9. The monoisotopic (exact) mass is 641 g/mol. The number of aromatic nitrogens is 12. The minimum atomic E-state index is -0.551. The molecule has 46 heavy (non-hydrogen) atoms. The number of fused-ring (bicyclic) bond motifs is 3. The molecule has 0 N–H and O–H groups in total. The first-order chi connectivity index (χ1) is 20.3. The van der Waals surface area contributed by atoms with Gasteiger partial charge in [0.15, 0.2) is 33.5 Å². The summed E-state index contributed by atoms with van der Waals surface area (Å²) in [4.78, 5) is 91.4. The lowest BCUT2D eigenvalue weighted by molar-refractivity contribution is 0.133. The highest BCUT2D eigenvalue weighted by Gasteiger charge is 2.21. The third kappa shape index (κ3) is 4.84. The number of aryl methyl sites for hydroxylation is 3. The Morgan fingerprint density at radius 2 is 0.696 bits per heavy atom. The summed E-state index contributed by atoms with van der Waals surface area (Å²) in [6, 6.07) is 0. The molecule has 19 heteroatoms. The van der Waals surface area contributed by atoms with Gasteiger partial charge in [0.05, 0.1) is 39.0 Å². The van der Waals surface area contributed by atoms with E-state index in [-0.39, 0.29) is 75.8 Å². The molecule has 0 aliphatic heterocycles. The molecule has 0 aliphatic carbocycles. The third-order valence-electron chi connectivity index (χ3n) is 7.71. The predicted molar refractivity (Wildman–Crippen MR) is 173 cm³/mol. The van der Waals surface area contributed by atoms with Gasteiger partial charge in [-0.2, -0.15) is 0 Å². The second-order valence-corrected chi connectivity index (χ2v) is 10.4. The van der Waals surface area contributed by atoms with Crippen molar-refractivity contribution in [3.05, 3.63) is 81.5 Å². The summed E-state index contributed by atoms with van der Waals surface area (Å²) in [6.45, 7) is 0.00431. The van der Waals surface area contributed by atoms with Crippen LogP contribution in [-0.4, -0.2) is 61.0 Å². The van der Waals surface area contributed by atoms with Crippen molar-refractivity contribution in [1.29, 1.82) is 0 Å². The summed E-state index contributed by atoms with van der Waals surface area (Å²) in [5, 5.41) is 0. The van der Waals surface area contributed by atoms with E-state index in [1.54, 1.807) is 18.6 Å². The molecule has 6 aromatic heterocycles. The molecule has 6 heterocycles. The Balaban J connectivity index is 0.00000192. The summed E-state index contributed by atoms with van der Waals surface area (Å²) in [7, 11) is 8.63. The van der Waals surface area contributed by atoms with E-state index in [2.05, 4.69) is 15.0 Å². The van der Waals surface area contributed by atoms with Crippen LogP contribution in [0.2, 0.25) is 0 Å². The Morgan fingerprint density at radius 3 is 0.935 bits per heavy atom. The van der Waals surface area contributed by atoms with Crippen LogP contribution < -0.4 is 33.7 Å². The molecule has 0 aliphatic rings. The molecule has 0 bridgehead atoms. The van der Waals surface area contributed by atoms with E-state index in [0.717, 1.165) is 13.7 Å². The smallest absolute Gasteiger partial charge is 0.311 e. The molecule has 0 amide bonds. The van der Waals surface area contributed by atoms with E-state index in [1.165, 1.54) is 75.0 Å². The van der Waals surface area contributed by atoms with E-state index < -0.39 is 33.7 Å². The molecule has 0 saturated heterocycles. The first kappa shape index (κ1) is 34.9. The maximum atomic E-state index is 13.1. The van der Waals surface area contributed by atoms with Crippen LogP contribution in [0.4, 0.5) is 0 Å². The average molecular weight is 642 g/mol. The van der Waals surface area contributed by atoms with Crippen LogP contribution in [0, 0.1) is 0 Å². The molecule has 0 aromatic carbocycles. The summed E-state index contributed by atoms with van der Waals surface area (Å²) in [5.74, 6) is 0. The Morgan fingerprint density at radius 1 is 0.457 bits per heavy atom. The normalized spacial score (nSPS) is 11.3. The van der Waals surface area contributed by atoms with Crippen molar-refractivity contribution in [3.8, 4) is 0 Å². The molecule has 0 fully saturated rings. The van der Waals surface area contributed by atoms with Gasteiger partial charge in [-0.15, -0.1) is 0 Å². The van der Waals surface area contributed by atoms with Crippen LogP contribution in [0.1, 0.15) is 22.3 Å². The summed E-state index contributed by atoms with van der Waals surface area (Å²) in [6.07, 6.45) is 4.26. The second kappa shape index (κ2) is 12.1. The van der Waals surface area contributed by atoms with Gasteiger partial charge in [0.25, 0.3) is 16.7 Å². The summed E-state index contributed by atoms with van der Waals surface area (Å²) >= 11 is 0. The quantitative estimate of drug-likeness (QED) is 0.205. The van der Waals surface area contributed by atoms with Gasteiger partial charge in [-0.05, 0) is 0 Å². The topological polar surface area (TPSA) is 189 Å². The highest BCUT2D eigenvalue weighted by Crippen LogP contribution is 2.14. The molecule has 0 spiro atoms. The molecule has 19 nitrogen and oxygen atoms in total. The van der Waals surface area contributed by atoms with E-state index in [1.807, 2.05) is 0 Å². The van der Waals surface area contributed by atoms with Gasteiger partial charge in [-0.25, -0.2) is 34.2 Å². The number of nitrogens with zero attached hydrogens (tertiary/aromatic N) is 13. The Labute approximate surface area is 260 Å². The Kier molecular flexibility index (Phi) is 9.15. The average Bonchev–Trinajstić information content (AvgIpc) is 3.72. The second-order valence-electron chi connectivity index (χ2n) is 10.4. The fraction of sp³-hybridized carbons (Fsp3) is 0.444. The summed E-state index contributed by atoms with van der Waals surface area (Å²) < 4.78 is 11.4. The minimum absolute atomic E-state index is 0. The lowest BCUT2D eigenvalue weighted by Gasteiger charge is -2.24. The minimum Gasteiger partial charge on any atom is -0.311 e. The largest absolute Gasteiger partial charge is 0.332 e. The Hall–Kier alpha value is -5.59. The Bertz CT molecular complexity index is 2220. The van der Waals surface area contributed by atoms with E-state index in [0.29, 0.717) is 0 Å². The molecule has 6 rings (SSSR count). The van der Waals surface area contributed by atoms with E-state index in [9.17, 15) is 28.8 Å². The van der Waals surface area contributed by atoms with Gasteiger partial charge in [-0.3, -0.25) is 41.8 Å². The van der Waals surface area contributed by atoms with Crippen LogP contribution in [0.15, 0.2) is 47.7 Å². The highest BCUT2D eigenvalue weighted by molar-refractivity contribution is 5.71. The van der Waals surface area contributed by atoms with Crippen LogP contribution in [0.25, 0.3) is 33.5 Å². The predicted octanol–water partition coefficient (Wildman–Crippen LogP) is -1.59. The van der Waals surface area contributed by atoms with Crippen LogP contribution in [-0.2, 0) is 62.3 Å². The van der Waals surface area contributed by atoms with Crippen molar-refractivity contribution in [3.63, 3.8) is 0 Å². The van der Waals surface area contributed by atoms with Crippen molar-refractivity contribution >= 4 is 33.5 Å². The van der Waals surface area contributed by atoms with Crippen molar-refractivity contribution in [2.24, 2.45) is 42.3 Å². The first-order valence-corrected chi connectivity index (χ1v) is 12.9. The van der Waals surface area contributed by atoms with Gasteiger partial charge in [0, 0.05) is 42.3 Å². The maximum Gasteiger partial charge on any atom is 0.332 e. The standard InChI is InChI=1S/C24H27N13O6.3CH4/c1-28-16-13(19(38)31(4)22(28)41)35(7-25-16)10-34(11-36-8-26-17-14(36)20(39)32(5)23(42)29(17)2)12-37-9-27-18-15(37)21(40)33(6)24(43)30(18)3;;;/h7-9H,10-12H2,1-6H3;3*1H4. The third-order valence-corrected chi connectivity index (χ3v) is 7.71. The zero-order chi connectivity index (χ0) is 31.1. The molecule has 0 saturated carbocycles. The number of hydrogen-bond acceptors (Lipinski definition) is 10. The van der Waals surface area contributed by atoms with Gasteiger partial charge in [-0.1, -0.05) is 22.3 Å². The number of imidazole rings is 3. The lowest BCUT2D eigenvalue weighted by atomic mass is 10.5. The van der Waals surface area contributed by atoms with Crippen molar-refractivity contribution < 1.29 is 0 Å². The molecule has 0 radical (unpaired) electrons. The molecule has 6 aromatic rings. The van der Waals surface area contributed by atoms with Gasteiger partial charge >= 0.3 is 17.1 Å². The fourth-order valence-corrected chi connectivity index (χ4v) is 5.29. The van der Waals surface area contributed by atoms with Crippen LogP contribution in [0.5, 0.6) is 0 Å². The van der Waals surface area contributed by atoms with Gasteiger partial charge in [0.2, 0.25) is 0 Å². The van der Waals surface area contributed by atoms with Crippen LogP contribution in [0.3, 0.4) is 0 Å². The summed E-state index contributed by atoms with van der Waals surface area (Å²) in [5.41, 5.74) is -2.21. The number of rotatable bonds is 6.